The lowest BCUT2D eigenvalue weighted by atomic mass is 10.3. The molecular formula is C12H12N2O3S. The molecule has 0 saturated carbocycles. The normalized spacial score (nSPS) is 16.1. The van der Waals surface area contributed by atoms with Crippen molar-refractivity contribution in [3.8, 4) is 11.8 Å². The monoisotopic (exact) mass is 264 g/mol. The molecule has 2 rings (SSSR count). The molecule has 0 radical (unpaired) electrons. The third-order valence-electron chi connectivity index (χ3n) is 2.35. The number of nitrogens with one attached hydrogen (secondary N) is 1. The van der Waals surface area contributed by atoms with Crippen LogP contribution in [-0.4, -0.2) is 41.5 Å². The molecule has 0 aromatic carbocycles. The van der Waals surface area contributed by atoms with Gasteiger partial charge in [-0.2, -0.15) is 0 Å². The maximum atomic E-state index is 11.2. The number of piperazine rings is 1. The maximum absolute atomic E-state index is 11.2. The van der Waals surface area contributed by atoms with Crippen LogP contribution in [-0.2, 0) is 16.1 Å². The Morgan fingerprint density at radius 3 is 2.72 bits per heavy atom. The molecule has 1 aliphatic heterocycles. The fourth-order valence-corrected chi connectivity index (χ4v) is 2.61. The molecule has 1 saturated heterocycles. The molecule has 94 valence electrons. The summed E-state index contributed by atoms with van der Waals surface area (Å²) in [6.07, 6.45) is 0. The highest BCUT2D eigenvalue weighted by Crippen LogP contribution is 2.17. The van der Waals surface area contributed by atoms with E-state index in [0.29, 0.717) is 6.54 Å². The van der Waals surface area contributed by atoms with E-state index in [0.717, 1.165) is 9.75 Å². The second kappa shape index (κ2) is 5.78. The summed E-state index contributed by atoms with van der Waals surface area (Å²) in [5.41, 5.74) is 0. The van der Waals surface area contributed by atoms with E-state index in [9.17, 15) is 9.59 Å². The van der Waals surface area contributed by atoms with E-state index >= 15 is 0 Å². The first-order valence-electron chi connectivity index (χ1n) is 5.41. The number of rotatable bonds is 2. The lowest BCUT2D eigenvalue weighted by Crippen LogP contribution is -2.50. The van der Waals surface area contributed by atoms with Gasteiger partial charge in [-0.3, -0.25) is 19.8 Å². The fourth-order valence-electron chi connectivity index (χ4n) is 1.69. The van der Waals surface area contributed by atoms with Crippen LogP contribution in [0.4, 0.5) is 0 Å². The Kier molecular flexibility index (Phi) is 4.10. The Bertz CT molecular complexity index is 511. The van der Waals surface area contributed by atoms with Crippen LogP contribution >= 0.6 is 11.3 Å². The number of nitrogens with zero attached hydrogens (tertiary/aromatic N) is 1. The first kappa shape index (κ1) is 12.8. The predicted octanol–water partition coefficient (Wildman–Crippen LogP) is -0.450. The standard InChI is InChI=1S/C12H12N2O3S/c15-5-1-2-9-3-4-10(18-9)6-14-7-11(16)13-12(17)8-14/h3-4,15H,5-8H2,(H,13,16,17). The summed E-state index contributed by atoms with van der Waals surface area (Å²) in [5.74, 6) is 4.88. The number of imide groups is 1. The van der Waals surface area contributed by atoms with Crippen LogP contribution in [0.15, 0.2) is 12.1 Å². The van der Waals surface area contributed by atoms with Gasteiger partial charge in [0.25, 0.3) is 0 Å². The van der Waals surface area contributed by atoms with E-state index in [1.54, 1.807) is 4.90 Å². The average Bonchev–Trinajstić information content (AvgIpc) is 2.72. The van der Waals surface area contributed by atoms with E-state index in [1.807, 2.05) is 12.1 Å². The van der Waals surface area contributed by atoms with E-state index in [4.69, 9.17) is 5.11 Å². The van der Waals surface area contributed by atoms with Gasteiger partial charge in [0.05, 0.1) is 18.0 Å². The molecule has 18 heavy (non-hydrogen) atoms. The topological polar surface area (TPSA) is 69.6 Å². The van der Waals surface area contributed by atoms with Gasteiger partial charge < -0.3 is 5.11 Å². The SMILES string of the molecule is O=C1CN(Cc2ccc(C#CCO)s2)CC(=O)N1. The van der Waals surface area contributed by atoms with Crippen molar-refractivity contribution in [1.29, 1.82) is 0 Å². The molecule has 2 amide bonds. The number of aliphatic hydroxyl groups is 1. The molecule has 5 nitrogen and oxygen atoms in total. The summed E-state index contributed by atoms with van der Waals surface area (Å²) in [6.45, 7) is 0.876. The van der Waals surface area contributed by atoms with Gasteiger partial charge in [-0.15, -0.1) is 11.3 Å². The van der Waals surface area contributed by atoms with Crippen LogP contribution < -0.4 is 5.32 Å². The van der Waals surface area contributed by atoms with Crippen molar-refractivity contribution in [3.63, 3.8) is 0 Å². The third kappa shape index (κ3) is 3.40. The summed E-state index contributed by atoms with van der Waals surface area (Å²) >= 11 is 1.50. The summed E-state index contributed by atoms with van der Waals surface area (Å²) in [7, 11) is 0. The van der Waals surface area contributed by atoms with Crippen molar-refractivity contribution in [2.24, 2.45) is 0 Å². The van der Waals surface area contributed by atoms with Crippen molar-refractivity contribution in [2.75, 3.05) is 19.7 Å². The fraction of sp³-hybridized carbons (Fsp3) is 0.333. The Hall–Kier alpha value is -1.68. The van der Waals surface area contributed by atoms with Crippen molar-refractivity contribution in [1.82, 2.24) is 10.2 Å². The minimum absolute atomic E-state index is 0.159. The van der Waals surface area contributed by atoms with Gasteiger partial charge in [-0.25, -0.2) is 0 Å². The molecule has 1 aliphatic rings. The maximum Gasteiger partial charge on any atom is 0.240 e. The highest BCUT2D eigenvalue weighted by atomic mass is 32.1. The van der Waals surface area contributed by atoms with Crippen LogP contribution in [0, 0.1) is 11.8 Å². The lowest BCUT2D eigenvalue weighted by Gasteiger charge is -2.24. The first-order valence-corrected chi connectivity index (χ1v) is 6.22. The molecule has 0 atom stereocenters. The second-order valence-electron chi connectivity index (χ2n) is 3.84. The average molecular weight is 264 g/mol. The van der Waals surface area contributed by atoms with Crippen molar-refractivity contribution in [3.05, 3.63) is 21.9 Å². The largest absolute Gasteiger partial charge is 0.384 e. The van der Waals surface area contributed by atoms with E-state index in [1.165, 1.54) is 11.3 Å². The smallest absolute Gasteiger partial charge is 0.240 e. The van der Waals surface area contributed by atoms with Crippen LogP contribution in [0.2, 0.25) is 0 Å². The molecule has 1 fully saturated rings. The number of carbonyl (C=O) groups is 2. The van der Waals surface area contributed by atoms with Crippen LogP contribution in [0.1, 0.15) is 9.75 Å². The van der Waals surface area contributed by atoms with Crippen molar-refractivity contribution < 1.29 is 14.7 Å². The van der Waals surface area contributed by atoms with Crippen LogP contribution in [0.5, 0.6) is 0 Å². The molecule has 1 aromatic heterocycles. The molecule has 0 aliphatic carbocycles. The number of thiophene rings is 1. The number of hydrogen-bond acceptors (Lipinski definition) is 5. The van der Waals surface area contributed by atoms with Gasteiger partial charge in [-0.1, -0.05) is 11.8 Å². The highest BCUT2D eigenvalue weighted by molar-refractivity contribution is 7.12. The first-order chi connectivity index (χ1) is 8.67. The molecule has 6 heteroatoms. The minimum atomic E-state index is -0.261. The molecular weight excluding hydrogens is 252 g/mol. The van der Waals surface area contributed by atoms with Crippen LogP contribution in [0.3, 0.4) is 0 Å². The summed E-state index contributed by atoms with van der Waals surface area (Å²) in [6, 6.07) is 3.79. The molecule has 1 aromatic rings. The Labute approximate surface area is 108 Å². The predicted molar refractivity (Wildman–Crippen MR) is 66.7 cm³/mol. The zero-order valence-electron chi connectivity index (χ0n) is 9.60. The van der Waals surface area contributed by atoms with Gasteiger partial charge in [0.15, 0.2) is 0 Å². The number of carbonyl (C=O) groups excluding carboxylic acids is 2. The molecule has 0 spiro atoms. The Morgan fingerprint density at radius 2 is 2.06 bits per heavy atom. The Balaban J connectivity index is 1.98. The van der Waals surface area contributed by atoms with Crippen molar-refractivity contribution in [2.45, 2.75) is 6.54 Å². The zero-order chi connectivity index (χ0) is 13.0. The van der Waals surface area contributed by atoms with Crippen molar-refractivity contribution >= 4 is 23.2 Å². The number of aliphatic hydroxyl groups excluding tert-OH is 1. The minimum Gasteiger partial charge on any atom is -0.384 e. The lowest BCUT2D eigenvalue weighted by molar-refractivity contribution is -0.136. The molecule has 2 heterocycles. The highest BCUT2D eigenvalue weighted by Gasteiger charge is 2.22. The summed E-state index contributed by atoms with van der Waals surface area (Å²) < 4.78 is 0. The van der Waals surface area contributed by atoms with Crippen LogP contribution in [0.25, 0.3) is 0 Å². The Morgan fingerprint density at radius 1 is 1.33 bits per heavy atom. The number of amides is 2. The van der Waals surface area contributed by atoms with E-state index in [-0.39, 0.29) is 31.5 Å². The van der Waals surface area contributed by atoms with Gasteiger partial charge in [0.2, 0.25) is 11.8 Å². The molecule has 2 N–H and O–H groups in total. The molecule has 0 bridgehead atoms. The summed E-state index contributed by atoms with van der Waals surface area (Å²) in [4.78, 5) is 26.1. The van der Waals surface area contributed by atoms with E-state index in [2.05, 4.69) is 17.2 Å². The number of hydrogen-bond donors (Lipinski definition) is 2. The van der Waals surface area contributed by atoms with Gasteiger partial charge in [0, 0.05) is 11.4 Å². The van der Waals surface area contributed by atoms with E-state index < -0.39 is 0 Å². The van der Waals surface area contributed by atoms with Gasteiger partial charge in [0.1, 0.15) is 6.61 Å². The quantitative estimate of drug-likeness (QED) is 0.561. The summed E-state index contributed by atoms with van der Waals surface area (Å²) in [5, 5.41) is 10.9. The zero-order valence-corrected chi connectivity index (χ0v) is 10.4. The van der Waals surface area contributed by atoms with Gasteiger partial charge >= 0.3 is 0 Å². The molecule has 0 unspecified atom stereocenters. The second-order valence-corrected chi connectivity index (χ2v) is 5.01. The third-order valence-corrected chi connectivity index (χ3v) is 3.33. The van der Waals surface area contributed by atoms with Gasteiger partial charge in [-0.05, 0) is 12.1 Å².